The quantitative estimate of drug-likeness (QED) is 0.553. The first-order valence-corrected chi connectivity index (χ1v) is 8.39. The molecule has 1 aliphatic rings. The zero-order valence-corrected chi connectivity index (χ0v) is 14.6. The highest BCUT2D eigenvalue weighted by Gasteiger charge is 2.17. The maximum Gasteiger partial charge on any atom is 0.387 e. The van der Waals surface area contributed by atoms with Crippen LogP contribution in [0.4, 0.5) is 8.78 Å². The van der Waals surface area contributed by atoms with Crippen molar-refractivity contribution in [1.29, 1.82) is 0 Å². The summed E-state index contributed by atoms with van der Waals surface area (Å²) in [5.41, 5.74) is 0.561. The van der Waals surface area contributed by atoms with Crippen LogP contribution in [-0.4, -0.2) is 45.5 Å². The fraction of sp³-hybridized carbons (Fsp3) is 0.588. The van der Waals surface area contributed by atoms with E-state index in [9.17, 15) is 8.78 Å². The molecule has 0 bridgehead atoms. The number of hydrogen-bond donors (Lipinski definition) is 2. The minimum atomic E-state index is -2.92. The highest BCUT2D eigenvalue weighted by molar-refractivity contribution is 5.79. The molecule has 1 aliphatic heterocycles. The number of alkyl halides is 2. The van der Waals surface area contributed by atoms with Crippen molar-refractivity contribution in [3.63, 3.8) is 0 Å². The number of guanidine groups is 1. The van der Waals surface area contributed by atoms with Crippen molar-refractivity contribution >= 4 is 5.96 Å². The molecule has 2 N–H and O–H groups in total. The van der Waals surface area contributed by atoms with Crippen LogP contribution >= 0.6 is 0 Å². The van der Waals surface area contributed by atoms with Gasteiger partial charge in [-0.1, -0.05) is 12.1 Å². The minimum absolute atomic E-state index is 0.0430. The van der Waals surface area contributed by atoms with E-state index in [4.69, 9.17) is 9.47 Å². The maximum atomic E-state index is 12.7. The van der Waals surface area contributed by atoms with E-state index in [0.29, 0.717) is 30.4 Å². The van der Waals surface area contributed by atoms with Crippen molar-refractivity contribution in [3.8, 4) is 11.5 Å². The summed E-state index contributed by atoms with van der Waals surface area (Å²) in [6.45, 7) is 0.941. The molecule has 0 amide bonds. The van der Waals surface area contributed by atoms with E-state index in [2.05, 4.69) is 20.4 Å². The predicted octanol–water partition coefficient (Wildman–Crippen LogP) is 2.53. The van der Waals surface area contributed by atoms with Crippen LogP contribution in [0, 0.1) is 0 Å². The summed E-state index contributed by atoms with van der Waals surface area (Å²) in [5, 5.41) is 6.27. The molecule has 1 heterocycles. The average molecular weight is 357 g/mol. The Hall–Kier alpha value is -2.09. The summed E-state index contributed by atoms with van der Waals surface area (Å²) in [6, 6.07) is 5.05. The second kappa shape index (κ2) is 10.0. The van der Waals surface area contributed by atoms with Crippen LogP contribution in [0.2, 0.25) is 0 Å². The van der Waals surface area contributed by atoms with Crippen molar-refractivity contribution in [2.45, 2.75) is 39.0 Å². The first-order chi connectivity index (χ1) is 12.1. The van der Waals surface area contributed by atoms with Crippen LogP contribution in [0.25, 0.3) is 0 Å². The van der Waals surface area contributed by atoms with Gasteiger partial charge in [-0.15, -0.1) is 0 Å². The van der Waals surface area contributed by atoms with Gasteiger partial charge in [0.1, 0.15) is 0 Å². The largest absolute Gasteiger partial charge is 0.490 e. The number of benzene rings is 1. The van der Waals surface area contributed by atoms with Gasteiger partial charge >= 0.3 is 6.61 Å². The van der Waals surface area contributed by atoms with Gasteiger partial charge in [-0.2, -0.15) is 8.78 Å². The SMILES string of the molecule is CCOc1cccc(CNC(=NC)NCC2CCCO2)c1OC(F)F. The molecule has 0 radical (unpaired) electrons. The smallest absolute Gasteiger partial charge is 0.387 e. The number of hydrogen-bond acceptors (Lipinski definition) is 4. The molecule has 6 nitrogen and oxygen atoms in total. The minimum Gasteiger partial charge on any atom is -0.490 e. The zero-order chi connectivity index (χ0) is 18.1. The fourth-order valence-electron chi connectivity index (χ4n) is 2.61. The topological polar surface area (TPSA) is 64.1 Å². The van der Waals surface area contributed by atoms with Crippen LogP contribution in [0.15, 0.2) is 23.2 Å². The van der Waals surface area contributed by atoms with Gasteiger partial charge in [-0.05, 0) is 25.8 Å². The van der Waals surface area contributed by atoms with Gasteiger partial charge in [0.05, 0.1) is 12.7 Å². The molecule has 1 aromatic rings. The summed E-state index contributed by atoms with van der Waals surface area (Å²) in [7, 11) is 1.65. The lowest BCUT2D eigenvalue weighted by Crippen LogP contribution is -2.40. The van der Waals surface area contributed by atoms with E-state index in [-0.39, 0.29) is 18.4 Å². The van der Waals surface area contributed by atoms with E-state index in [1.165, 1.54) is 0 Å². The molecule has 140 valence electrons. The van der Waals surface area contributed by atoms with E-state index in [1.807, 2.05) is 0 Å². The maximum absolute atomic E-state index is 12.7. The van der Waals surface area contributed by atoms with Crippen molar-refractivity contribution < 1.29 is 23.0 Å². The van der Waals surface area contributed by atoms with Gasteiger partial charge in [0.25, 0.3) is 0 Å². The highest BCUT2D eigenvalue weighted by Crippen LogP contribution is 2.32. The van der Waals surface area contributed by atoms with E-state index < -0.39 is 6.61 Å². The standard InChI is InChI=1S/C17H25F2N3O3/c1-3-23-14-8-4-6-12(15(14)25-16(18)19)10-21-17(20-2)22-11-13-7-5-9-24-13/h4,6,8,13,16H,3,5,7,9-11H2,1-2H3,(H2,20,21,22). The third kappa shape index (κ3) is 6.04. The van der Waals surface area contributed by atoms with Crippen LogP contribution < -0.4 is 20.1 Å². The highest BCUT2D eigenvalue weighted by atomic mass is 19.3. The molecular formula is C17H25F2N3O3. The van der Waals surface area contributed by atoms with Gasteiger partial charge in [0.2, 0.25) is 0 Å². The molecule has 25 heavy (non-hydrogen) atoms. The summed E-state index contributed by atoms with van der Waals surface area (Å²) in [4.78, 5) is 4.13. The monoisotopic (exact) mass is 357 g/mol. The van der Waals surface area contributed by atoms with Crippen molar-refractivity contribution in [2.75, 3.05) is 26.8 Å². The molecule has 1 aromatic carbocycles. The van der Waals surface area contributed by atoms with E-state index in [1.54, 1.807) is 32.2 Å². The third-order valence-corrected chi connectivity index (χ3v) is 3.76. The van der Waals surface area contributed by atoms with Crippen molar-refractivity contribution in [2.24, 2.45) is 4.99 Å². The Morgan fingerprint density at radius 3 is 2.88 bits per heavy atom. The molecule has 0 spiro atoms. The first kappa shape index (κ1) is 19.2. The number of aliphatic imine (C=N–C) groups is 1. The van der Waals surface area contributed by atoms with E-state index in [0.717, 1.165) is 19.4 Å². The number of para-hydroxylation sites is 1. The van der Waals surface area contributed by atoms with Crippen LogP contribution in [-0.2, 0) is 11.3 Å². The van der Waals surface area contributed by atoms with Crippen molar-refractivity contribution in [1.82, 2.24) is 10.6 Å². The predicted molar refractivity (Wildman–Crippen MR) is 91.4 cm³/mol. The van der Waals surface area contributed by atoms with Crippen LogP contribution in [0.1, 0.15) is 25.3 Å². The lowest BCUT2D eigenvalue weighted by Gasteiger charge is -2.18. The Balaban J connectivity index is 1.98. The van der Waals surface area contributed by atoms with Gasteiger partial charge in [-0.3, -0.25) is 4.99 Å². The number of halogens is 2. The third-order valence-electron chi connectivity index (χ3n) is 3.76. The zero-order valence-electron chi connectivity index (χ0n) is 14.6. The molecule has 0 saturated carbocycles. The molecule has 1 unspecified atom stereocenters. The summed E-state index contributed by atoms with van der Waals surface area (Å²) >= 11 is 0. The van der Waals surface area contributed by atoms with Crippen LogP contribution in [0.3, 0.4) is 0 Å². The number of nitrogens with one attached hydrogen (secondary N) is 2. The summed E-state index contributed by atoms with van der Waals surface area (Å²) < 4.78 is 41.0. The summed E-state index contributed by atoms with van der Waals surface area (Å²) in [6.07, 6.45) is 2.27. The molecule has 1 fully saturated rings. The van der Waals surface area contributed by atoms with Gasteiger partial charge < -0.3 is 24.8 Å². The molecule has 0 aliphatic carbocycles. The fourth-order valence-corrected chi connectivity index (χ4v) is 2.61. The average Bonchev–Trinajstić information content (AvgIpc) is 3.10. The van der Waals surface area contributed by atoms with Gasteiger partial charge in [0, 0.05) is 32.3 Å². The number of ether oxygens (including phenoxy) is 3. The Bertz CT molecular complexity index is 564. The number of rotatable bonds is 8. The Labute approximate surface area is 146 Å². The lowest BCUT2D eigenvalue weighted by molar-refractivity contribution is -0.0520. The van der Waals surface area contributed by atoms with Crippen LogP contribution in [0.5, 0.6) is 11.5 Å². The van der Waals surface area contributed by atoms with E-state index >= 15 is 0 Å². The molecular weight excluding hydrogens is 332 g/mol. The molecule has 0 aromatic heterocycles. The van der Waals surface area contributed by atoms with Crippen molar-refractivity contribution in [3.05, 3.63) is 23.8 Å². The first-order valence-electron chi connectivity index (χ1n) is 8.39. The second-order valence-corrected chi connectivity index (χ2v) is 5.50. The molecule has 8 heteroatoms. The second-order valence-electron chi connectivity index (χ2n) is 5.50. The summed E-state index contributed by atoms with van der Waals surface area (Å²) in [5.74, 6) is 0.908. The normalized spacial score (nSPS) is 17.6. The Kier molecular flexibility index (Phi) is 7.72. The number of nitrogens with zero attached hydrogens (tertiary/aromatic N) is 1. The molecule has 1 saturated heterocycles. The Morgan fingerprint density at radius 1 is 1.40 bits per heavy atom. The van der Waals surface area contributed by atoms with Gasteiger partial charge in [-0.25, -0.2) is 0 Å². The molecule has 2 rings (SSSR count). The lowest BCUT2D eigenvalue weighted by atomic mass is 10.2. The Morgan fingerprint density at radius 2 is 2.24 bits per heavy atom. The van der Waals surface area contributed by atoms with Gasteiger partial charge in [0.15, 0.2) is 17.5 Å². The molecule has 1 atom stereocenters.